The number of nitrogens with one attached hydrogen (secondary N) is 1. The van der Waals surface area contributed by atoms with Crippen LogP contribution in [0.15, 0.2) is 41.0 Å². The van der Waals surface area contributed by atoms with E-state index in [4.69, 9.17) is 9.15 Å². The number of amides is 1. The van der Waals surface area contributed by atoms with Crippen molar-refractivity contribution in [2.24, 2.45) is 0 Å². The molecule has 5 nitrogen and oxygen atoms in total. The monoisotopic (exact) mass is 326 g/mol. The minimum Gasteiger partial charge on any atom is -0.469 e. The largest absolute Gasteiger partial charge is 0.469 e. The third kappa shape index (κ3) is 2.91. The van der Waals surface area contributed by atoms with E-state index in [1.54, 1.807) is 6.26 Å². The number of carbonyl (C=O) groups is 1. The Bertz CT molecular complexity index is 719. The molecule has 1 saturated heterocycles. The van der Waals surface area contributed by atoms with Crippen molar-refractivity contribution in [1.29, 1.82) is 0 Å². The van der Waals surface area contributed by atoms with Crippen LogP contribution in [0.2, 0.25) is 0 Å². The Balaban J connectivity index is 1.55. The predicted molar refractivity (Wildman–Crippen MR) is 91.3 cm³/mol. The van der Waals surface area contributed by atoms with Gasteiger partial charge in [0.25, 0.3) is 5.91 Å². The van der Waals surface area contributed by atoms with Gasteiger partial charge in [0, 0.05) is 30.8 Å². The molecule has 2 aromatic rings. The van der Waals surface area contributed by atoms with Crippen molar-refractivity contribution in [3.8, 4) is 0 Å². The van der Waals surface area contributed by atoms with Gasteiger partial charge in [-0.2, -0.15) is 0 Å². The molecule has 1 atom stereocenters. The molecule has 1 aliphatic heterocycles. The number of hydrogen-bond donors (Lipinski definition) is 1. The fraction of sp³-hybridized carbons (Fsp3) is 0.421. The third-order valence-electron chi connectivity index (χ3n) is 4.86. The molecule has 1 aromatic carbocycles. The quantitative estimate of drug-likeness (QED) is 0.942. The molecule has 5 heteroatoms. The van der Waals surface area contributed by atoms with Gasteiger partial charge in [-0.25, -0.2) is 0 Å². The molecule has 126 valence electrons. The Morgan fingerprint density at radius 1 is 1.17 bits per heavy atom. The summed E-state index contributed by atoms with van der Waals surface area (Å²) in [5.41, 5.74) is 2.84. The van der Waals surface area contributed by atoms with E-state index in [2.05, 4.69) is 10.2 Å². The Hall–Kier alpha value is -2.27. The highest BCUT2D eigenvalue weighted by Gasteiger charge is 2.26. The first-order valence-electron chi connectivity index (χ1n) is 8.62. The fourth-order valence-corrected chi connectivity index (χ4v) is 3.62. The third-order valence-corrected chi connectivity index (χ3v) is 4.86. The zero-order chi connectivity index (χ0) is 16.4. The first-order chi connectivity index (χ1) is 11.8. The highest BCUT2D eigenvalue weighted by molar-refractivity contribution is 6.00. The van der Waals surface area contributed by atoms with Crippen LogP contribution >= 0.6 is 0 Å². The Kier molecular flexibility index (Phi) is 4.26. The van der Waals surface area contributed by atoms with Crippen molar-refractivity contribution in [1.82, 2.24) is 5.32 Å². The summed E-state index contributed by atoms with van der Waals surface area (Å²) in [4.78, 5) is 15.1. The summed E-state index contributed by atoms with van der Waals surface area (Å²) in [6, 6.07) is 9.84. The molecular weight excluding hydrogens is 304 g/mol. The minimum atomic E-state index is -0.0175. The lowest BCUT2D eigenvalue weighted by Gasteiger charge is -2.31. The predicted octanol–water partition coefficient (Wildman–Crippen LogP) is 2.92. The zero-order valence-electron chi connectivity index (χ0n) is 13.7. The zero-order valence-corrected chi connectivity index (χ0v) is 13.7. The fourth-order valence-electron chi connectivity index (χ4n) is 3.62. The molecule has 2 aliphatic rings. The van der Waals surface area contributed by atoms with Crippen LogP contribution in [-0.2, 0) is 11.2 Å². The van der Waals surface area contributed by atoms with Crippen LogP contribution < -0.4 is 10.2 Å². The second-order valence-corrected chi connectivity index (χ2v) is 6.33. The van der Waals surface area contributed by atoms with Gasteiger partial charge in [0.2, 0.25) is 0 Å². The van der Waals surface area contributed by atoms with Gasteiger partial charge in [-0.15, -0.1) is 0 Å². The highest BCUT2D eigenvalue weighted by atomic mass is 16.5. The van der Waals surface area contributed by atoms with Crippen LogP contribution in [0.5, 0.6) is 0 Å². The van der Waals surface area contributed by atoms with E-state index in [1.165, 1.54) is 0 Å². The van der Waals surface area contributed by atoms with Gasteiger partial charge in [0.05, 0.1) is 31.1 Å². The molecule has 4 rings (SSSR count). The molecule has 1 N–H and O–H groups in total. The van der Waals surface area contributed by atoms with E-state index in [-0.39, 0.29) is 11.9 Å². The van der Waals surface area contributed by atoms with Crippen molar-refractivity contribution < 1.29 is 13.9 Å². The molecular formula is C19H22N2O3. The number of anilines is 1. The van der Waals surface area contributed by atoms with E-state index < -0.39 is 0 Å². The Morgan fingerprint density at radius 2 is 2.00 bits per heavy atom. The smallest absolute Gasteiger partial charge is 0.253 e. The standard InChI is InChI=1S/C19H22N2O3/c22-19(20-16-5-3-7-18-14(16)8-11-24-18)15-4-1-2-6-17(15)21-9-12-23-13-10-21/h1-2,4,6,8,11,16H,3,5,7,9-10,12-13H2,(H,20,22)/t16-/m1/s1. The molecule has 0 spiro atoms. The molecule has 1 aromatic heterocycles. The summed E-state index contributed by atoms with van der Waals surface area (Å²) in [5, 5.41) is 3.20. The second-order valence-electron chi connectivity index (χ2n) is 6.33. The number of fused-ring (bicyclic) bond motifs is 1. The van der Waals surface area contributed by atoms with E-state index in [9.17, 15) is 4.79 Å². The van der Waals surface area contributed by atoms with E-state index in [0.29, 0.717) is 13.2 Å². The lowest BCUT2D eigenvalue weighted by atomic mass is 9.93. The highest BCUT2D eigenvalue weighted by Crippen LogP contribution is 2.31. The number of benzene rings is 1. The normalized spacial score (nSPS) is 20.5. The van der Waals surface area contributed by atoms with E-state index >= 15 is 0 Å². The van der Waals surface area contributed by atoms with Crippen molar-refractivity contribution in [3.05, 3.63) is 53.5 Å². The summed E-state index contributed by atoms with van der Waals surface area (Å²) >= 11 is 0. The second kappa shape index (κ2) is 6.69. The first-order valence-corrected chi connectivity index (χ1v) is 8.62. The number of hydrogen-bond acceptors (Lipinski definition) is 4. The maximum Gasteiger partial charge on any atom is 0.253 e. The van der Waals surface area contributed by atoms with Crippen LogP contribution in [0.25, 0.3) is 0 Å². The van der Waals surface area contributed by atoms with Crippen LogP contribution in [-0.4, -0.2) is 32.2 Å². The molecule has 0 radical (unpaired) electrons. The average molecular weight is 326 g/mol. The number of para-hydroxylation sites is 1. The number of carbonyl (C=O) groups excluding carboxylic acids is 1. The van der Waals surface area contributed by atoms with Gasteiger partial charge in [0.1, 0.15) is 5.76 Å². The van der Waals surface area contributed by atoms with Gasteiger partial charge in [-0.05, 0) is 31.0 Å². The van der Waals surface area contributed by atoms with Gasteiger partial charge in [0.15, 0.2) is 0 Å². The molecule has 0 unspecified atom stereocenters. The molecule has 2 heterocycles. The molecule has 1 amide bonds. The number of ether oxygens (including phenoxy) is 1. The molecule has 0 bridgehead atoms. The number of rotatable bonds is 3. The number of morpholine rings is 1. The summed E-state index contributed by atoms with van der Waals surface area (Å²) < 4.78 is 10.9. The van der Waals surface area contributed by atoms with Crippen molar-refractivity contribution in [3.63, 3.8) is 0 Å². The van der Waals surface area contributed by atoms with Crippen molar-refractivity contribution in [2.45, 2.75) is 25.3 Å². The van der Waals surface area contributed by atoms with Crippen molar-refractivity contribution >= 4 is 11.6 Å². The summed E-state index contributed by atoms with van der Waals surface area (Å²) in [6.45, 7) is 3.05. The lowest BCUT2D eigenvalue weighted by Crippen LogP contribution is -2.38. The average Bonchev–Trinajstić information content (AvgIpc) is 3.12. The summed E-state index contributed by atoms with van der Waals surface area (Å²) in [7, 11) is 0. The molecule has 1 aliphatic carbocycles. The van der Waals surface area contributed by atoms with E-state index in [0.717, 1.165) is 54.9 Å². The first kappa shape index (κ1) is 15.3. The summed E-state index contributed by atoms with van der Waals surface area (Å²) in [6.07, 6.45) is 4.67. The maximum absolute atomic E-state index is 12.9. The number of nitrogens with zero attached hydrogens (tertiary/aromatic N) is 1. The van der Waals surface area contributed by atoms with Crippen molar-refractivity contribution in [2.75, 3.05) is 31.2 Å². The van der Waals surface area contributed by atoms with Crippen LogP contribution in [0.3, 0.4) is 0 Å². The summed E-state index contributed by atoms with van der Waals surface area (Å²) in [5.74, 6) is 0.990. The molecule has 0 saturated carbocycles. The lowest BCUT2D eigenvalue weighted by molar-refractivity contribution is 0.0931. The van der Waals surface area contributed by atoms with Crippen LogP contribution in [0.4, 0.5) is 5.69 Å². The molecule has 1 fully saturated rings. The number of furan rings is 1. The molecule has 24 heavy (non-hydrogen) atoms. The Labute approximate surface area is 141 Å². The Morgan fingerprint density at radius 3 is 2.88 bits per heavy atom. The van der Waals surface area contributed by atoms with Gasteiger partial charge in [-0.1, -0.05) is 12.1 Å². The van der Waals surface area contributed by atoms with Crippen LogP contribution in [0.1, 0.15) is 40.6 Å². The topological polar surface area (TPSA) is 54.7 Å². The minimum absolute atomic E-state index is 0.0175. The number of aryl methyl sites for hydroxylation is 1. The van der Waals surface area contributed by atoms with Gasteiger partial charge in [-0.3, -0.25) is 4.79 Å². The van der Waals surface area contributed by atoms with E-state index in [1.807, 2.05) is 30.3 Å². The van der Waals surface area contributed by atoms with Gasteiger partial charge < -0.3 is 19.4 Å². The van der Waals surface area contributed by atoms with Gasteiger partial charge >= 0.3 is 0 Å². The maximum atomic E-state index is 12.9. The SMILES string of the molecule is O=C(N[C@@H]1CCCc2occc21)c1ccccc1N1CCOCC1. The van der Waals surface area contributed by atoms with Crippen LogP contribution in [0, 0.1) is 0 Å².